The second kappa shape index (κ2) is 14.2. The zero-order valence-corrected chi connectivity index (χ0v) is 23.9. The van der Waals surface area contributed by atoms with E-state index < -0.39 is 30.7 Å². The number of amidine groups is 1. The fourth-order valence-corrected chi connectivity index (χ4v) is 3.90. The number of ether oxygens (including phenoxy) is 2. The van der Waals surface area contributed by atoms with Crippen LogP contribution in [0.15, 0.2) is 75.8 Å². The largest absolute Gasteiger partial charge is 0.424 e. The van der Waals surface area contributed by atoms with E-state index in [0.29, 0.717) is 22.5 Å². The zero-order valence-electron chi connectivity index (χ0n) is 23.9. The third kappa shape index (κ3) is 7.20. The average molecular weight is 601 g/mol. The number of nitrogens with zero attached hydrogens (tertiary/aromatic N) is 5. The fraction of sp³-hybridized carbons (Fsp3) is 0.172. The summed E-state index contributed by atoms with van der Waals surface area (Å²) >= 11 is 0. The highest BCUT2D eigenvalue weighted by Crippen LogP contribution is 2.24. The van der Waals surface area contributed by atoms with E-state index in [2.05, 4.69) is 30.4 Å². The molecule has 0 aliphatic heterocycles. The smallest absolute Gasteiger partial charge is 0.419 e. The van der Waals surface area contributed by atoms with Crippen molar-refractivity contribution in [3.63, 3.8) is 0 Å². The minimum Gasteiger partial charge on any atom is -0.424 e. The Kier molecular flexibility index (Phi) is 9.93. The molecule has 4 rings (SSSR count). The van der Waals surface area contributed by atoms with Crippen LogP contribution in [-0.4, -0.2) is 69.4 Å². The van der Waals surface area contributed by atoms with Crippen molar-refractivity contribution in [3.8, 4) is 0 Å². The number of amides is 3. The molecule has 1 aromatic carbocycles. The maximum Gasteiger partial charge on any atom is 0.419 e. The number of rotatable bonds is 9. The first-order valence-corrected chi connectivity index (χ1v) is 13.1. The molecule has 0 atom stereocenters. The Hall–Kier alpha value is -6.12. The summed E-state index contributed by atoms with van der Waals surface area (Å²) in [6.07, 6.45) is 5.57. The van der Waals surface area contributed by atoms with E-state index in [4.69, 9.17) is 19.7 Å². The number of pyridine rings is 1. The van der Waals surface area contributed by atoms with Gasteiger partial charge in [-0.3, -0.25) is 14.6 Å². The Bertz CT molecular complexity index is 1710. The molecule has 0 radical (unpaired) electrons. The molecule has 3 heterocycles. The number of nitrogens with two attached hydrogens (primary N) is 1. The van der Waals surface area contributed by atoms with Gasteiger partial charge in [0.25, 0.3) is 11.8 Å². The average Bonchev–Trinajstić information content (AvgIpc) is 3.68. The first-order valence-electron chi connectivity index (χ1n) is 13.1. The van der Waals surface area contributed by atoms with Crippen molar-refractivity contribution in [2.24, 2.45) is 15.7 Å². The molecule has 0 spiro atoms. The number of esters is 1. The highest BCUT2D eigenvalue weighted by molar-refractivity contribution is 6.09. The number of imide groups is 1. The van der Waals surface area contributed by atoms with Crippen molar-refractivity contribution >= 4 is 47.6 Å². The topological polar surface area (TPSA) is 207 Å². The van der Waals surface area contributed by atoms with Gasteiger partial charge in [0.1, 0.15) is 6.26 Å². The standard InChI is InChI=1S/C29H28N8O7/c1-4-37(29(41)43-16-42-28(40)20-6-5-10-31-13-20)27(39)21-14-32-24(18(21)3)25(33-15-30)34-22-12-19(8-7-17(22)2)26(38)35-23-9-11-44-36-23/h5-15,32H,4,16H2,1-3H3,(H2,30,33,34)(H,35,36,38). The third-order valence-corrected chi connectivity index (χ3v) is 6.22. The number of carbonyl (C=O) groups is 4. The van der Waals surface area contributed by atoms with Gasteiger partial charge in [-0.15, -0.1) is 0 Å². The van der Waals surface area contributed by atoms with Crippen molar-refractivity contribution in [2.45, 2.75) is 20.8 Å². The molecular formula is C29H28N8O7. The van der Waals surface area contributed by atoms with E-state index in [0.717, 1.165) is 16.8 Å². The summed E-state index contributed by atoms with van der Waals surface area (Å²) < 4.78 is 14.7. The highest BCUT2D eigenvalue weighted by atomic mass is 16.7. The molecule has 15 nitrogen and oxygen atoms in total. The van der Waals surface area contributed by atoms with Crippen molar-refractivity contribution in [2.75, 3.05) is 18.7 Å². The van der Waals surface area contributed by atoms with Crippen LogP contribution in [0, 0.1) is 13.8 Å². The van der Waals surface area contributed by atoms with E-state index in [1.54, 1.807) is 45.0 Å². The van der Waals surface area contributed by atoms with Gasteiger partial charge in [-0.2, -0.15) is 0 Å². The van der Waals surface area contributed by atoms with Crippen molar-refractivity contribution in [3.05, 3.63) is 94.8 Å². The van der Waals surface area contributed by atoms with Crippen molar-refractivity contribution < 1.29 is 33.2 Å². The number of aromatic amines is 1. The number of aryl methyl sites for hydroxylation is 1. The van der Waals surface area contributed by atoms with Crippen LogP contribution in [0.2, 0.25) is 0 Å². The van der Waals surface area contributed by atoms with Gasteiger partial charge in [0.05, 0.1) is 28.8 Å². The zero-order chi connectivity index (χ0) is 31.6. The Balaban J connectivity index is 1.51. The van der Waals surface area contributed by atoms with E-state index >= 15 is 0 Å². The number of aromatic nitrogens is 3. The molecule has 0 bridgehead atoms. The number of anilines is 1. The second-order valence-electron chi connectivity index (χ2n) is 9.01. The predicted molar refractivity (Wildman–Crippen MR) is 158 cm³/mol. The Morgan fingerprint density at radius 3 is 2.64 bits per heavy atom. The number of aliphatic imine (C=N–C) groups is 2. The normalized spacial score (nSPS) is 11.3. The van der Waals surface area contributed by atoms with Gasteiger partial charge in [0.15, 0.2) is 11.7 Å². The number of nitrogens with one attached hydrogen (secondary N) is 2. The maximum atomic E-state index is 13.3. The van der Waals surface area contributed by atoms with E-state index in [1.807, 2.05) is 0 Å². The van der Waals surface area contributed by atoms with Crippen LogP contribution in [0.25, 0.3) is 0 Å². The number of carbonyl (C=O) groups excluding carboxylic acids is 4. The lowest BCUT2D eigenvalue weighted by molar-refractivity contribution is -0.0102. The summed E-state index contributed by atoms with van der Waals surface area (Å²) in [5.74, 6) is -1.47. The van der Waals surface area contributed by atoms with E-state index in [-0.39, 0.29) is 29.3 Å². The molecule has 0 aliphatic carbocycles. The van der Waals surface area contributed by atoms with Crippen LogP contribution >= 0.6 is 0 Å². The van der Waals surface area contributed by atoms with E-state index in [1.165, 1.54) is 37.0 Å². The predicted octanol–water partition coefficient (Wildman–Crippen LogP) is 3.75. The van der Waals surface area contributed by atoms with Gasteiger partial charge >= 0.3 is 12.1 Å². The SMILES string of the molecule is CCN(C(=O)OCOC(=O)c1cccnc1)C(=O)c1c[nH]c(C(N=CN)=Nc2cc(C(=O)Nc3ccon3)ccc2C)c1C. The number of hydrogen-bond acceptors (Lipinski definition) is 10. The minimum absolute atomic E-state index is 0.0293. The fourth-order valence-electron chi connectivity index (χ4n) is 3.90. The summed E-state index contributed by atoms with van der Waals surface area (Å²) in [7, 11) is 0. The molecule has 3 amide bonds. The van der Waals surface area contributed by atoms with Gasteiger partial charge in [0, 0.05) is 36.8 Å². The summed E-state index contributed by atoms with van der Waals surface area (Å²) in [4.78, 5) is 67.2. The van der Waals surface area contributed by atoms with Gasteiger partial charge in [-0.25, -0.2) is 24.5 Å². The molecule has 226 valence electrons. The second-order valence-corrected chi connectivity index (χ2v) is 9.01. The molecule has 4 N–H and O–H groups in total. The van der Waals surface area contributed by atoms with Crippen molar-refractivity contribution in [1.82, 2.24) is 20.0 Å². The summed E-state index contributed by atoms with van der Waals surface area (Å²) in [6.45, 7) is 4.30. The monoisotopic (exact) mass is 600 g/mol. The van der Waals surface area contributed by atoms with Crippen LogP contribution in [-0.2, 0) is 9.47 Å². The van der Waals surface area contributed by atoms with Crippen LogP contribution in [0.4, 0.5) is 16.3 Å². The maximum absolute atomic E-state index is 13.3. The molecule has 4 aromatic rings. The lowest BCUT2D eigenvalue weighted by Crippen LogP contribution is -2.37. The molecular weight excluding hydrogens is 572 g/mol. The Labute approximate surface area is 250 Å². The first-order chi connectivity index (χ1) is 21.2. The quantitative estimate of drug-likeness (QED) is 0.110. The number of benzene rings is 1. The van der Waals surface area contributed by atoms with Crippen molar-refractivity contribution in [1.29, 1.82) is 0 Å². The minimum atomic E-state index is -1.01. The van der Waals surface area contributed by atoms with Crippen LogP contribution < -0.4 is 11.1 Å². The molecule has 0 saturated carbocycles. The summed E-state index contributed by atoms with van der Waals surface area (Å²) in [6, 6.07) is 9.47. The van der Waals surface area contributed by atoms with E-state index in [9.17, 15) is 19.2 Å². The first kappa shape index (κ1) is 30.8. The molecule has 3 aromatic heterocycles. The third-order valence-electron chi connectivity index (χ3n) is 6.22. The number of hydrogen-bond donors (Lipinski definition) is 3. The van der Waals surface area contributed by atoms with Crippen LogP contribution in [0.3, 0.4) is 0 Å². The lowest BCUT2D eigenvalue weighted by atomic mass is 10.1. The molecule has 44 heavy (non-hydrogen) atoms. The highest BCUT2D eigenvalue weighted by Gasteiger charge is 2.27. The van der Waals surface area contributed by atoms with Gasteiger partial charge in [-0.1, -0.05) is 11.2 Å². The van der Waals surface area contributed by atoms with Gasteiger partial charge < -0.3 is 30.0 Å². The lowest BCUT2D eigenvalue weighted by Gasteiger charge is -2.18. The van der Waals surface area contributed by atoms with Gasteiger partial charge in [-0.05, 0) is 56.2 Å². The molecule has 0 unspecified atom stereocenters. The Morgan fingerprint density at radius 2 is 1.95 bits per heavy atom. The van der Waals surface area contributed by atoms with Gasteiger partial charge in [0.2, 0.25) is 6.79 Å². The molecule has 15 heteroatoms. The van der Waals surface area contributed by atoms with Crippen LogP contribution in [0.5, 0.6) is 0 Å². The molecule has 0 saturated heterocycles. The number of H-pyrrole nitrogens is 1. The Morgan fingerprint density at radius 1 is 1.14 bits per heavy atom. The molecule has 0 aliphatic rings. The molecule has 0 fully saturated rings. The summed E-state index contributed by atoms with van der Waals surface area (Å²) in [5, 5.41) is 6.28. The summed E-state index contributed by atoms with van der Waals surface area (Å²) in [5.41, 5.74) is 8.14. The van der Waals surface area contributed by atoms with Crippen LogP contribution in [0.1, 0.15) is 54.8 Å².